The smallest absolute Gasteiger partial charge is 0.270 e. The van der Waals surface area contributed by atoms with Crippen LogP contribution in [0, 0.1) is 12.3 Å². The summed E-state index contributed by atoms with van der Waals surface area (Å²) in [5.41, 5.74) is 0.272. The number of amides is 1. The van der Waals surface area contributed by atoms with Crippen LogP contribution < -0.4 is 10.9 Å². The van der Waals surface area contributed by atoms with Gasteiger partial charge in [0.2, 0.25) is 5.88 Å². The maximum absolute atomic E-state index is 12.8. The van der Waals surface area contributed by atoms with E-state index < -0.39 is 17.3 Å². The van der Waals surface area contributed by atoms with Gasteiger partial charge in [-0.3, -0.25) is 14.2 Å². The number of hydrogen-bond donors (Lipinski definition) is 2. The first kappa shape index (κ1) is 15.6. The molecule has 0 radical (unpaired) electrons. The van der Waals surface area contributed by atoms with Crippen molar-refractivity contribution in [2.45, 2.75) is 53.1 Å². The van der Waals surface area contributed by atoms with E-state index in [1.807, 2.05) is 20.8 Å². The third kappa shape index (κ3) is 2.95. The zero-order valence-corrected chi connectivity index (χ0v) is 13.9. The summed E-state index contributed by atoms with van der Waals surface area (Å²) in [7, 11) is 0. The number of hydrogen-bond acceptors (Lipinski definition) is 4. The summed E-state index contributed by atoms with van der Waals surface area (Å²) >= 11 is 0. The molecule has 0 spiro atoms. The Balaban J connectivity index is 2.22. The molecule has 0 aliphatic heterocycles. The predicted octanol–water partition coefficient (Wildman–Crippen LogP) is 1.45. The van der Waals surface area contributed by atoms with Gasteiger partial charge in [-0.25, -0.2) is 0 Å². The van der Waals surface area contributed by atoms with E-state index in [1.54, 1.807) is 13.0 Å². The fraction of sp³-hybridized carbons (Fsp3) is 0.562. The monoisotopic (exact) mass is 318 g/mol. The Morgan fingerprint density at radius 3 is 2.65 bits per heavy atom. The zero-order chi connectivity index (χ0) is 16.9. The molecule has 2 aromatic rings. The summed E-state index contributed by atoms with van der Waals surface area (Å²) in [5, 5.41) is 17.4. The second kappa shape index (κ2) is 5.11. The highest BCUT2D eigenvalue weighted by atomic mass is 16.3. The molecule has 23 heavy (non-hydrogen) atoms. The standard InChI is InChI=1S/C16H22N4O3/c1-9-7-11-19(8-16(2,3)4)14(22)12(15(23)20(11)18-9)13(21)17-10-5-6-10/h7,10,23H,5-6,8H2,1-4H3,(H,17,21). The molecule has 7 nitrogen and oxygen atoms in total. The van der Waals surface area contributed by atoms with Gasteiger partial charge >= 0.3 is 0 Å². The van der Waals surface area contributed by atoms with Crippen LogP contribution in [0.15, 0.2) is 10.9 Å². The van der Waals surface area contributed by atoms with Crippen molar-refractivity contribution in [3.63, 3.8) is 0 Å². The van der Waals surface area contributed by atoms with E-state index in [-0.39, 0.29) is 17.0 Å². The van der Waals surface area contributed by atoms with Gasteiger partial charge in [-0.2, -0.15) is 9.61 Å². The highest BCUT2D eigenvalue weighted by molar-refractivity contribution is 5.96. The van der Waals surface area contributed by atoms with Crippen molar-refractivity contribution in [2.75, 3.05) is 0 Å². The van der Waals surface area contributed by atoms with Crippen LogP contribution in [-0.4, -0.2) is 31.2 Å². The quantitative estimate of drug-likeness (QED) is 0.896. The van der Waals surface area contributed by atoms with Crippen LogP contribution in [-0.2, 0) is 6.54 Å². The molecular formula is C16H22N4O3. The molecule has 2 N–H and O–H groups in total. The van der Waals surface area contributed by atoms with Crippen LogP contribution >= 0.6 is 0 Å². The number of nitrogens with zero attached hydrogens (tertiary/aromatic N) is 3. The number of aryl methyl sites for hydroxylation is 1. The average Bonchev–Trinajstić information content (AvgIpc) is 3.13. The summed E-state index contributed by atoms with van der Waals surface area (Å²) in [6, 6.07) is 1.84. The molecule has 2 heterocycles. The molecule has 1 fully saturated rings. The van der Waals surface area contributed by atoms with Gasteiger partial charge in [-0.1, -0.05) is 20.8 Å². The van der Waals surface area contributed by atoms with E-state index in [0.29, 0.717) is 17.9 Å². The van der Waals surface area contributed by atoms with Crippen LogP contribution in [0.3, 0.4) is 0 Å². The first-order valence-corrected chi connectivity index (χ1v) is 7.80. The fourth-order valence-corrected chi connectivity index (χ4v) is 2.59. The molecule has 124 valence electrons. The zero-order valence-electron chi connectivity index (χ0n) is 13.9. The lowest BCUT2D eigenvalue weighted by Gasteiger charge is -2.21. The second-order valence-corrected chi connectivity index (χ2v) is 7.45. The SMILES string of the molecule is Cc1cc2n(CC(C)(C)C)c(=O)c(C(=O)NC3CC3)c(O)n2n1. The molecule has 0 unspecified atom stereocenters. The largest absolute Gasteiger partial charge is 0.492 e. The van der Waals surface area contributed by atoms with Gasteiger partial charge in [0.25, 0.3) is 11.5 Å². The first-order chi connectivity index (χ1) is 10.7. The number of rotatable bonds is 3. The number of nitrogens with one attached hydrogen (secondary N) is 1. The lowest BCUT2D eigenvalue weighted by atomic mass is 9.97. The molecule has 3 rings (SSSR count). The number of carbonyl (C=O) groups excluding carboxylic acids is 1. The Kier molecular flexibility index (Phi) is 3.46. The minimum Gasteiger partial charge on any atom is -0.492 e. The number of fused-ring (bicyclic) bond motifs is 1. The highest BCUT2D eigenvalue weighted by Gasteiger charge is 2.30. The normalized spacial score (nSPS) is 15.1. The van der Waals surface area contributed by atoms with Crippen LogP contribution in [0.5, 0.6) is 5.88 Å². The first-order valence-electron chi connectivity index (χ1n) is 7.80. The molecule has 1 amide bonds. The van der Waals surface area contributed by atoms with Gasteiger partial charge in [0, 0.05) is 18.7 Å². The van der Waals surface area contributed by atoms with Crippen LogP contribution in [0.4, 0.5) is 0 Å². The fourth-order valence-electron chi connectivity index (χ4n) is 2.59. The topological polar surface area (TPSA) is 88.6 Å². The number of aromatic nitrogens is 3. The Morgan fingerprint density at radius 2 is 2.09 bits per heavy atom. The summed E-state index contributed by atoms with van der Waals surface area (Å²) in [4.78, 5) is 25.2. The molecule has 1 aliphatic carbocycles. The Morgan fingerprint density at radius 1 is 1.43 bits per heavy atom. The van der Waals surface area contributed by atoms with E-state index >= 15 is 0 Å². The minimum atomic E-state index is -0.535. The Bertz CT molecular complexity index is 838. The van der Waals surface area contributed by atoms with Crippen molar-refractivity contribution in [3.8, 4) is 5.88 Å². The molecule has 0 aromatic carbocycles. The van der Waals surface area contributed by atoms with Gasteiger partial charge in [0.1, 0.15) is 5.65 Å². The van der Waals surface area contributed by atoms with Gasteiger partial charge in [0.05, 0.1) is 5.69 Å². The molecule has 0 saturated heterocycles. The van der Waals surface area contributed by atoms with E-state index in [0.717, 1.165) is 12.8 Å². The molecule has 2 aromatic heterocycles. The summed E-state index contributed by atoms with van der Waals surface area (Å²) < 4.78 is 2.78. The van der Waals surface area contributed by atoms with E-state index in [4.69, 9.17) is 0 Å². The van der Waals surface area contributed by atoms with Crippen molar-refractivity contribution in [3.05, 3.63) is 27.7 Å². The van der Waals surface area contributed by atoms with Gasteiger partial charge in [0.15, 0.2) is 5.56 Å². The Hall–Kier alpha value is -2.31. The van der Waals surface area contributed by atoms with Crippen molar-refractivity contribution >= 4 is 11.6 Å². The minimum absolute atomic E-state index is 0.104. The van der Waals surface area contributed by atoms with E-state index in [1.165, 1.54) is 9.08 Å². The van der Waals surface area contributed by atoms with E-state index in [2.05, 4.69) is 10.4 Å². The van der Waals surface area contributed by atoms with Crippen LogP contribution in [0.2, 0.25) is 0 Å². The second-order valence-electron chi connectivity index (χ2n) is 7.45. The van der Waals surface area contributed by atoms with Crippen molar-refractivity contribution in [1.29, 1.82) is 0 Å². The van der Waals surface area contributed by atoms with Crippen LogP contribution in [0.25, 0.3) is 5.65 Å². The predicted molar refractivity (Wildman–Crippen MR) is 85.8 cm³/mol. The van der Waals surface area contributed by atoms with E-state index in [9.17, 15) is 14.7 Å². The van der Waals surface area contributed by atoms with Crippen LogP contribution in [0.1, 0.15) is 49.7 Å². The maximum atomic E-state index is 12.8. The highest BCUT2D eigenvalue weighted by Crippen LogP contribution is 2.23. The molecule has 7 heteroatoms. The lowest BCUT2D eigenvalue weighted by molar-refractivity contribution is 0.0944. The van der Waals surface area contributed by atoms with Gasteiger partial charge in [-0.15, -0.1) is 0 Å². The average molecular weight is 318 g/mol. The van der Waals surface area contributed by atoms with Gasteiger partial charge < -0.3 is 10.4 Å². The lowest BCUT2D eigenvalue weighted by Crippen LogP contribution is -2.37. The molecular weight excluding hydrogens is 296 g/mol. The molecule has 0 bridgehead atoms. The third-order valence-corrected chi connectivity index (χ3v) is 3.74. The van der Waals surface area contributed by atoms with Crippen molar-refractivity contribution in [1.82, 2.24) is 19.5 Å². The Labute approximate surface area is 133 Å². The maximum Gasteiger partial charge on any atom is 0.270 e. The number of aromatic hydroxyl groups is 1. The summed E-state index contributed by atoms with van der Waals surface area (Å²) in [5.74, 6) is -0.936. The molecule has 1 saturated carbocycles. The van der Waals surface area contributed by atoms with Crippen molar-refractivity contribution in [2.24, 2.45) is 5.41 Å². The summed E-state index contributed by atoms with van der Waals surface area (Å²) in [6.45, 7) is 8.23. The molecule has 0 atom stereocenters. The van der Waals surface area contributed by atoms with Gasteiger partial charge in [-0.05, 0) is 25.2 Å². The van der Waals surface area contributed by atoms with Crippen molar-refractivity contribution < 1.29 is 9.90 Å². The molecule has 1 aliphatic rings. The third-order valence-electron chi connectivity index (χ3n) is 3.74. The number of carbonyl (C=O) groups is 1. The summed E-state index contributed by atoms with van der Waals surface area (Å²) in [6.07, 6.45) is 1.82.